The second-order valence-electron chi connectivity index (χ2n) is 7.36. The number of halogens is 1. The molecule has 5 nitrogen and oxygen atoms in total. The molecule has 6 heteroatoms. The molecule has 27 heavy (non-hydrogen) atoms. The number of fused-ring (bicyclic) bond motifs is 2. The molecule has 0 aliphatic carbocycles. The van der Waals surface area contributed by atoms with Crippen molar-refractivity contribution in [2.45, 2.75) is 12.5 Å². The molecule has 0 saturated carbocycles. The van der Waals surface area contributed by atoms with Crippen LogP contribution < -0.4 is 15.5 Å². The Labute approximate surface area is 164 Å². The molecule has 0 spiro atoms. The Bertz CT molecular complexity index is 911. The molecular formula is C21H24ClN5. The fourth-order valence-corrected chi connectivity index (χ4v) is 4.75. The van der Waals surface area contributed by atoms with Crippen molar-refractivity contribution in [2.24, 2.45) is 4.99 Å². The second-order valence-corrected chi connectivity index (χ2v) is 7.77. The number of hydrogen-bond donors (Lipinski definition) is 2. The van der Waals surface area contributed by atoms with E-state index in [0.29, 0.717) is 0 Å². The summed E-state index contributed by atoms with van der Waals surface area (Å²) in [5.74, 6) is 1.28. The van der Waals surface area contributed by atoms with Gasteiger partial charge in [0.05, 0.1) is 17.4 Å². The summed E-state index contributed by atoms with van der Waals surface area (Å²) in [5, 5.41) is 10.0. The van der Waals surface area contributed by atoms with Gasteiger partial charge >= 0.3 is 0 Å². The quantitative estimate of drug-likeness (QED) is 0.839. The van der Waals surface area contributed by atoms with Crippen molar-refractivity contribution in [2.75, 3.05) is 44.2 Å². The molecule has 0 radical (unpaired) electrons. The van der Waals surface area contributed by atoms with Crippen molar-refractivity contribution in [3.8, 4) is 0 Å². The van der Waals surface area contributed by atoms with Crippen LogP contribution in [0.5, 0.6) is 0 Å². The third kappa shape index (κ3) is 3.05. The van der Waals surface area contributed by atoms with Crippen molar-refractivity contribution in [1.82, 2.24) is 15.5 Å². The van der Waals surface area contributed by atoms with Gasteiger partial charge in [-0.05, 0) is 29.5 Å². The summed E-state index contributed by atoms with van der Waals surface area (Å²) in [4.78, 5) is 9.68. The lowest BCUT2D eigenvalue weighted by Crippen LogP contribution is -2.50. The number of piperazine rings is 1. The Hall–Kier alpha value is -2.24. The molecule has 2 N–H and O–H groups in total. The molecule has 0 amide bonds. The molecule has 2 fully saturated rings. The summed E-state index contributed by atoms with van der Waals surface area (Å²) in [6.07, 6.45) is 2.90. The van der Waals surface area contributed by atoms with Gasteiger partial charge in [0, 0.05) is 50.3 Å². The summed E-state index contributed by atoms with van der Waals surface area (Å²) in [6.45, 7) is 6.07. The average molecular weight is 382 g/mol. The monoisotopic (exact) mass is 381 g/mol. The lowest BCUT2D eigenvalue weighted by molar-refractivity contribution is 0.281. The van der Waals surface area contributed by atoms with Crippen LogP contribution in [0.2, 0.25) is 5.02 Å². The standard InChI is InChI=1S/C21H24ClN5/c22-17-5-1-3-15-4-2-6-19(20(15)17)27-10-7-16-18(13-27)24-14-25-21(16)26-11-8-23-9-12-26/h1-6,14,18,23H,7-13H2,(H,24,25). The first kappa shape index (κ1) is 16.9. The minimum atomic E-state index is 0.211. The van der Waals surface area contributed by atoms with Crippen LogP contribution in [-0.2, 0) is 0 Å². The molecule has 2 aromatic carbocycles. The Morgan fingerprint density at radius 1 is 1.00 bits per heavy atom. The molecule has 1 atom stereocenters. The molecule has 3 aliphatic heterocycles. The molecule has 5 rings (SSSR count). The zero-order valence-corrected chi connectivity index (χ0v) is 16.0. The summed E-state index contributed by atoms with van der Waals surface area (Å²) in [7, 11) is 0. The van der Waals surface area contributed by atoms with Crippen molar-refractivity contribution >= 4 is 34.4 Å². The summed E-state index contributed by atoms with van der Waals surface area (Å²) >= 11 is 6.56. The highest BCUT2D eigenvalue weighted by atomic mass is 35.5. The third-order valence-corrected chi connectivity index (χ3v) is 6.13. The van der Waals surface area contributed by atoms with Gasteiger partial charge in [-0.3, -0.25) is 4.99 Å². The van der Waals surface area contributed by atoms with Crippen LogP contribution in [0.4, 0.5) is 5.69 Å². The third-order valence-electron chi connectivity index (χ3n) is 5.81. The maximum absolute atomic E-state index is 6.56. The maximum Gasteiger partial charge on any atom is 0.108 e. The molecule has 140 valence electrons. The highest BCUT2D eigenvalue weighted by molar-refractivity contribution is 6.36. The maximum atomic E-state index is 6.56. The first-order valence-corrected chi connectivity index (χ1v) is 10.1. The lowest BCUT2D eigenvalue weighted by atomic mass is 9.95. The Morgan fingerprint density at radius 3 is 2.67 bits per heavy atom. The van der Waals surface area contributed by atoms with Crippen LogP contribution >= 0.6 is 11.6 Å². The van der Waals surface area contributed by atoms with Gasteiger partial charge in [0.25, 0.3) is 0 Å². The van der Waals surface area contributed by atoms with E-state index in [9.17, 15) is 0 Å². The van der Waals surface area contributed by atoms with E-state index >= 15 is 0 Å². The molecule has 3 aliphatic rings. The summed E-state index contributed by atoms with van der Waals surface area (Å²) < 4.78 is 0. The predicted octanol–water partition coefficient (Wildman–Crippen LogP) is 2.82. The summed E-state index contributed by atoms with van der Waals surface area (Å²) in [5.41, 5.74) is 2.66. The highest BCUT2D eigenvalue weighted by Gasteiger charge is 2.31. The normalized spacial score (nSPS) is 22.8. The van der Waals surface area contributed by atoms with Gasteiger partial charge in [-0.25, -0.2) is 0 Å². The van der Waals surface area contributed by atoms with E-state index in [-0.39, 0.29) is 6.04 Å². The van der Waals surface area contributed by atoms with E-state index in [4.69, 9.17) is 16.6 Å². The molecule has 0 bridgehead atoms. The highest BCUT2D eigenvalue weighted by Crippen LogP contribution is 2.36. The number of hydrogen-bond acceptors (Lipinski definition) is 5. The van der Waals surface area contributed by atoms with Crippen LogP contribution in [0.25, 0.3) is 10.8 Å². The smallest absolute Gasteiger partial charge is 0.108 e. The summed E-state index contributed by atoms with van der Waals surface area (Å²) in [6, 6.07) is 12.8. The topological polar surface area (TPSA) is 42.9 Å². The first-order chi connectivity index (χ1) is 13.3. The predicted molar refractivity (Wildman–Crippen MR) is 113 cm³/mol. The fraction of sp³-hybridized carbons (Fsp3) is 0.381. The number of nitrogens with zero attached hydrogens (tertiary/aromatic N) is 3. The van der Waals surface area contributed by atoms with E-state index in [2.05, 4.69) is 44.7 Å². The molecule has 1 unspecified atom stereocenters. The van der Waals surface area contributed by atoms with Crippen molar-refractivity contribution in [1.29, 1.82) is 0 Å². The van der Waals surface area contributed by atoms with Gasteiger partial charge in [0.1, 0.15) is 5.82 Å². The number of piperidine rings is 1. The van der Waals surface area contributed by atoms with E-state index in [1.807, 2.05) is 18.5 Å². The van der Waals surface area contributed by atoms with Crippen LogP contribution in [-0.4, -0.2) is 56.5 Å². The lowest BCUT2D eigenvalue weighted by Gasteiger charge is -2.41. The number of benzene rings is 2. The van der Waals surface area contributed by atoms with Gasteiger partial charge < -0.3 is 20.4 Å². The second kappa shape index (κ2) is 7.06. The van der Waals surface area contributed by atoms with Gasteiger partial charge in [0.15, 0.2) is 0 Å². The minimum absolute atomic E-state index is 0.211. The molecule has 2 aromatic rings. The Kier molecular flexibility index (Phi) is 4.42. The van der Waals surface area contributed by atoms with Crippen molar-refractivity contribution in [3.05, 3.63) is 52.8 Å². The van der Waals surface area contributed by atoms with Gasteiger partial charge in [0.2, 0.25) is 0 Å². The van der Waals surface area contributed by atoms with E-state index in [0.717, 1.165) is 56.1 Å². The van der Waals surface area contributed by atoms with E-state index < -0.39 is 0 Å². The Morgan fingerprint density at radius 2 is 1.81 bits per heavy atom. The van der Waals surface area contributed by atoms with Crippen LogP contribution in [0.15, 0.2) is 52.8 Å². The van der Waals surface area contributed by atoms with Crippen molar-refractivity contribution < 1.29 is 0 Å². The molecule has 0 aromatic heterocycles. The van der Waals surface area contributed by atoms with Gasteiger partial charge in [-0.15, -0.1) is 0 Å². The SMILES string of the molecule is Clc1cccc2cccc(N3CCC4=C(N5CCNCC5)NC=NC4C3)c12. The molecular weight excluding hydrogens is 358 g/mol. The number of anilines is 1. The number of aliphatic imine (C=N–C) groups is 1. The largest absolute Gasteiger partial charge is 0.368 e. The van der Waals surface area contributed by atoms with Crippen LogP contribution in [0.3, 0.4) is 0 Å². The van der Waals surface area contributed by atoms with Crippen LogP contribution in [0.1, 0.15) is 6.42 Å². The van der Waals surface area contributed by atoms with Gasteiger partial charge in [-0.1, -0.05) is 35.9 Å². The van der Waals surface area contributed by atoms with E-state index in [1.54, 1.807) is 0 Å². The molecule has 2 saturated heterocycles. The number of rotatable bonds is 2. The average Bonchev–Trinajstić information content (AvgIpc) is 2.73. The van der Waals surface area contributed by atoms with Crippen molar-refractivity contribution in [3.63, 3.8) is 0 Å². The fourth-order valence-electron chi connectivity index (χ4n) is 4.47. The first-order valence-electron chi connectivity index (χ1n) is 9.70. The zero-order chi connectivity index (χ0) is 18.2. The minimum Gasteiger partial charge on any atom is -0.368 e. The number of nitrogens with one attached hydrogen (secondary N) is 2. The van der Waals surface area contributed by atoms with Gasteiger partial charge in [-0.2, -0.15) is 0 Å². The molecule has 3 heterocycles. The zero-order valence-electron chi connectivity index (χ0n) is 15.3. The van der Waals surface area contributed by atoms with Crippen LogP contribution in [0, 0.1) is 0 Å². The van der Waals surface area contributed by atoms with E-state index in [1.165, 1.54) is 22.5 Å². The Balaban J connectivity index is 1.46.